The number of benzene rings is 1. The summed E-state index contributed by atoms with van der Waals surface area (Å²) in [5.41, 5.74) is 2.62. The van der Waals surface area contributed by atoms with Crippen LogP contribution in [0.4, 0.5) is 0 Å². The summed E-state index contributed by atoms with van der Waals surface area (Å²) in [4.78, 5) is 12.2. The van der Waals surface area contributed by atoms with E-state index in [4.69, 9.17) is 9.47 Å². The van der Waals surface area contributed by atoms with Crippen molar-refractivity contribution in [2.45, 2.75) is 38.6 Å². The van der Waals surface area contributed by atoms with E-state index in [1.165, 1.54) is 14.2 Å². The molecule has 120 valence electrons. The summed E-state index contributed by atoms with van der Waals surface area (Å²) < 4.78 is 10.1. The summed E-state index contributed by atoms with van der Waals surface area (Å²) in [5.74, 6) is 2.66. The number of carbonyl (C=O) groups excluding carboxylic acids is 1. The Morgan fingerprint density at radius 2 is 1.95 bits per heavy atom. The van der Waals surface area contributed by atoms with E-state index in [0.717, 1.165) is 5.56 Å². The third-order valence-corrected chi connectivity index (χ3v) is 4.06. The number of ether oxygens (including phenoxy) is 2. The first kappa shape index (κ1) is 18.3. The van der Waals surface area contributed by atoms with Crippen molar-refractivity contribution in [3.05, 3.63) is 29.3 Å². The van der Waals surface area contributed by atoms with E-state index in [2.05, 4.69) is 31.1 Å². The quantitative estimate of drug-likeness (QED) is 0.526. The van der Waals surface area contributed by atoms with Crippen LogP contribution in [0.2, 0.25) is 19.6 Å². The Kier molecular flexibility index (Phi) is 5.81. The molecule has 1 rings (SSSR count). The normalized spacial score (nSPS) is 13.6. The van der Waals surface area contributed by atoms with Gasteiger partial charge in [-0.15, -0.1) is 11.5 Å². The zero-order valence-corrected chi connectivity index (χ0v) is 15.1. The molecule has 0 heterocycles. The molecule has 0 spiro atoms. The van der Waals surface area contributed by atoms with Gasteiger partial charge in [0.05, 0.1) is 20.6 Å². The molecule has 1 N–H and O–H groups in total. The average Bonchev–Trinajstić information content (AvgIpc) is 2.44. The van der Waals surface area contributed by atoms with Crippen LogP contribution in [-0.4, -0.2) is 33.4 Å². The number of rotatable bonds is 4. The number of hydrogen-bond acceptors (Lipinski definition) is 4. The van der Waals surface area contributed by atoms with Crippen molar-refractivity contribution in [1.29, 1.82) is 0 Å². The van der Waals surface area contributed by atoms with Crippen LogP contribution in [0.3, 0.4) is 0 Å². The number of hydrogen-bond donors (Lipinski definition) is 1. The number of carbonyl (C=O) groups is 1. The van der Waals surface area contributed by atoms with E-state index >= 15 is 0 Å². The molecular formula is C17H24O4Si. The fraction of sp³-hybridized carbons (Fsp3) is 0.471. The highest BCUT2D eigenvalue weighted by Gasteiger charge is 2.41. The van der Waals surface area contributed by atoms with Crippen molar-refractivity contribution in [3.8, 4) is 17.2 Å². The number of aliphatic hydroxyl groups is 1. The lowest BCUT2D eigenvalue weighted by Gasteiger charge is -2.26. The molecule has 0 aromatic heterocycles. The second-order valence-corrected chi connectivity index (χ2v) is 11.0. The molecule has 0 saturated carbocycles. The molecule has 1 unspecified atom stereocenters. The molecule has 0 amide bonds. The predicted molar refractivity (Wildman–Crippen MR) is 89.4 cm³/mol. The molecule has 0 saturated heterocycles. The maximum atomic E-state index is 12.2. The van der Waals surface area contributed by atoms with Gasteiger partial charge in [0.2, 0.25) is 5.60 Å². The zero-order valence-electron chi connectivity index (χ0n) is 14.1. The highest BCUT2D eigenvalue weighted by molar-refractivity contribution is 6.83. The molecule has 0 aliphatic rings. The molecule has 1 atom stereocenters. The Bertz CT molecular complexity index is 607. The van der Waals surface area contributed by atoms with Crippen LogP contribution in [0.5, 0.6) is 5.75 Å². The van der Waals surface area contributed by atoms with Crippen molar-refractivity contribution in [2.24, 2.45) is 0 Å². The third-order valence-electron chi connectivity index (χ3n) is 3.13. The first-order valence-corrected chi connectivity index (χ1v) is 10.6. The lowest BCUT2D eigenvalue weighted by Crippen LogP contribution is -2.37. The fourth-order valence-corrected chi connectivity index (χ4v) is 2.65. The SMILES string of the molecule is COC(=O)C(O)(CC#C[Si](C)(C)C)c1cc(C)ccc1OC. The monoisotopic (exact) mass is 320 g/mol. The highest BCUT2D eigenvalue weighted by atomic mass is 28.3. The van der Waals surface area contributed by atoms with Crippen LogP contribution in [0.25, 0.3) is 0 Å². The average molecular weight is 320 g/mol. The summed E-state index contributed by atoms with van der Waals surface area (Å²) in [5, 5.41) is 10.9. The summed E-state index contributed by atoms with van der Waals surface area (Å²) >= 11 is 0. The van der Waals surface area contributed by atoms with E-state index in [0.29, 0.717) is 11.3 Å². The minimum Gasteiger partial charge on any atom is -0.496 e. The highest BCUT2D eigenvalue weighted by Crippen LogP contribution is 2.34. The van der Waals surface area contributed by atoms with Gasteiger partial charge in [0.1, 0.15) is 13.8 Å². The van der Waals surface area contributed by atoms with Gasteiger partial charge in [-0.1, -0.05) is 31.3 Å². The molecule has 0 aliphatic heterocycles. The largest absolute Gasteiger partial charge is 0.496 e. The molecule has 22 heavy (non-hydrogen) atoms. The first-order chi connectivity index (χ1) is 10.1. The van der Waals surface area contributed by atoms with Crippen LogP contribution in [0, 0.1) is 18.4 Å². The van der Waals surface area contributed by atoms with Crippen LogP contribution in [0.15, 0.2) is 18.2 Å². The molecule has 5 heteroatoms. The molecule has 0 aliphatic carbocycles. The van der Waals surface area contributed by atoms with Gasteiger partial charge in [-0.05, 0) is 19.1 Å². The second kappa shape index (κ2) is 6.99. The van der Waals surface area contributed by atoms with Crippen LogP contribution >= 0.6 is 0 Å². The van der Waals surface area contributed by atoms with E-state index < -0.39 is 19.6 Å². The Morgan fingerprint density at radius 3 is 2.45 bits per heavy atom. The van der Waals surface area contributed by atoms with Gasteiger partial charge >= 0.3 is 5.97 Å². The van der Waals surface area contributed by atoms with Crippen molar-refractivity contribution < 1.29 is 19.4 Å². The van der Waals surface area contributed by atoms with Crippen molar-refractivity contribution >= 4 is 14.0 Å². The van der Waals surface area contributed by atoms with Crippen molar-refractivity contribution in [1.82, 2.24) is 0 Å². The predicted octanol–water partition coefficient (Wildman–Crippen LogP) is 2.64. The maximum Gasteiger partial charge on any atom is 0.343 e. The Hall–Kier alpha value is -1.77. The molecule has 0 radical (unpaired) electrons. The third kappa shape index (κ3) is 4.36. The minimum absolute atomic E-state index is 0.0241. The first-order valence-electron chi connectivity index (χ1n) is 7.10. The Labute approximate surface area is 133 Å². The molecule has 1 aromatic carbocycles. The molecular weight excluding hydrogens is 296 g/mol. The van der Waals surface area contributed by atoms with Crippen molar-refractivity contribution in [2.75, 3.05) is 14.2 Å². The fourth-order valence-electron chi connectivity index (χ4n) is 2.03. The van der Waals surface area contributed by atoms with Gasteiger partial charge in [0.15, 0.2) is 0 Å². The van der Waals surface area contributed by atoms with Crippen molar-refractivity contribution in [3.63, 3.8) is 0 Å². The maximum absolute atomic E-state index is 12.2. The van der Waals surface area contributed by atoms with E-state index in [-0.39, 0.29) is 6.42 Å². The summed E-state index contributed by atoms with van der Waals surface area (Å²) in [6.45, 7) is 8.19. The van der Waals surface area contributed by atoms with Gasteiger partial charge in [0, 0.05) is 5.56 Å². The molecule has 4 nitrogen and oxygen atoms in total. The summed E-state index contributed by atoms with van der Waals surface area (Å²) in [6, 6.07) is 5.31. The van der Waals surface area contributed by atoms with Gasteiger partial charge < -0.3 is 14.6 Å². The van der Waals surface area contributed by atoms with Crippen LogP contribution in [0.1, 0.15) is 17.5 Å². The zero-order chi connectivity index (χ0) is 17.0. The van der Waals surface area contributed by atoms with Gasteiger partial charge in [0.25, 0.3) is 0 Å². The minimum atomic E-state index is -1.83. The number of esters is 1. The number of methoxy groups -OCH3 is 2. The lowest BCUT2D eigenvalue weighted by atomic mass is 9.89. The second-order valence-electron chi connectivity index (χ2n) is 6.28. The Balaban J connectivity index is 3.36. The van der Waals surface area contributed by atoms with Crippen LogP contribution in [-0.2, 0) is 15.1 Å². The van der Waals surface area contributed by atoms with E-state index in [9.17, 15) is 9.90 Å². The molecule has 1 aromatic rings. The van der Waals surface area contributed by atoms with Gasteiger partial charge in [-0.3, -0.25) is 0 Å². The smallest absolute Gasteiger partial charge is 0.343 e. The van der Waals surface area contributed by atoms with Gasteiger partial charge in [-0.25, -0.2) is 4.79 Å². The topological polar surface area (TPSA) is 55.8 Å². The molecule has 0 bridgehead atoms. The Morgan fingerprint density at radius 1 is 1.32 bits per heavy atom. The molecule has 0 fully saturated rings. The van der Waals surface area contributed by atoms with E-state index in [1.807, 2.05) is 13.0 Å². The van der Waals surface area contributed by atoms with Crippen LogP contribution < -0.4 is 4.74 Å². The standard InChI is InChI=1S/C17H24O4Si/c1-13-8-9-15(20-2)14(12-13)17(19,16(18)21-3)10-7-11-22(4,5)6/h8-9,12,19H,10H2,1-6H3. The lowest BCUT2D eigenvalue weighted by molar-refractivity contribution is -0.163. The summed E-state index contributed by atoms with van der Waals surface area (Å²) in [7, 11) is 1.16. The summed E-state index contributed by atoms with van der Waals surface area (Å²) in [6.07, 6.45) is -0.0241. The van der Waals surface area contributed by atoms with Gasteiger partial charge in [-0.2, -0.15) is 0 Å². The van der Waals surface area contributed by atoms with E-state index in [1.54, 1.807) is 12.1 Å². The number of aryl methyl sites for hydroxylation is 1.